The fourth-order valence-corrected chi connectivity index (χ4v) is 3.58. The van der Waals surface area contributed by atoms with Crippen molar-refractivity contribution in [3.63, 3.8) is 0 Å². The molecule has 0 aromatic carbocycles. The minimum absolute atomic E-state index is 0.158. The number of hydrogen-bond donors (Lipinski definition) is 0. The zero-order valence-electron chi connectivity index (χ0n) is 13.4. The number of rotatable bonds is 5. The lowest BCUT2D eigenvalue weighted by atomic mass is 10.2. The third-order valence-corrected chi connectivity index (χ3v) is 4.67. The van der Waals surface area contributed by atoms with Gasteiger partial charge in [-0.2, -0.15) is 4.98 Å². The topological polar surface area (TPSA) is 55.3 Å². The highest BCUT2D eigenvalue weighted by molar-refractivity contribution is 7.20. The van der Waals surface area contributed by atoms with Crippen molar-refractivity contribution in [3.05, 3.63) is 15.7 Å². The number of esters is 1. The molecule has 0 fully saturated rings. The summed E-state index contributed by atoms with van der Waals surface area (Å²) in [6, 6.07) is 0. The average Bonchev–Trinajstić information content (AvgIpc) is 2.76. The number of halogens is 1. The maximum Gasteiger partial charge on any atom is 0.348 e. The van der Waals surface area contributed by atoms with Crippen LogP contribution in [0.25, 0.3) is 10.2 Å². The lowest BCUT2D eigenvalue weighted by Gasteiger charge is -2.20. The molecule has 22 heavy (non-hydrogen) atoms. The summed E-state index contributed by atoms with van der Waals surface area (Å²) in [6.45, 7) is 11.3. The van der Waals surface area contributed by atoms with Crippen molar-refractivity contribution in [2.45, 2.75) is 40.7 Å². The molecule has 0 aliphatic rings. The Labute approximate surface area is 139 Å². The molecule has 0 saturated heterocycles. The van der Waals surface area contributed by atoms with Crippen molar-refractivity contribution in [2.75, 3.05) is 18.0 Å². The van der Waals surface area contributed by atoms with Crippen LogP contribution >= 0.6 is 22.9 Å². The number of thiophene rings is 1. The number of aromatic nitrogens is 2. The number of nitrogens with zero attached hydrogens (tertiary/aromatic N) is 3. The van der Waals surface area contributed by atoms with Gasteiger partial charge in [0.25, 0.3) is 0 Å². The zero-order valence-corrected chi connectivity index (χ0v) is 15.0. The van der Waals surface area contributed by atoms with E-state index in [-0.39, 0.29) is 17.4 Å². The Hall–Kier alpha value is -1.40. The largest absolute Gasteiger partial charge is 0.459 e. The number of ether oxygens (including phenoxy) is 1. The number of carbonyl (C=O) groups excluding carboxylic acids is 1. The maximum atomic E-state index is 12.2. The standard InChI is InChI=1S/C15H20ClN3O2S/c1-6-19(7-2)12-10-9(5)11(14(20)21-8(3)4)22-13(10)18-15(16)17-12/h8H,6-7H2,1-5H3. The first-order valence-electron chi connectivity index (χ1n) is 7.31. The number of hydrogen-bond acceptors (Lipinski definition) is 6. The molecule has 2 aromatic rings. The summed E-state index contributed by atoms with van der Waals surface area (Å²) in [7, 11) is 0. The quantitative estimate of drug-likeness (QED) is 0.606. The summed E-state index contributed by atoms with van der Waals surface area (Å²) in [5.41, 5.74) is 0.851. The van der Waals surface area contributed by atoms with Crippen molar-refractivity contribution in [3.8, 4) is 0 Å². The third kappa shape index (κ3) is 3.17. The second-order valence-corrected chi connectivity index (χ2v) is 6.52. The van der Waals surface area contributed by atoms with Crippen LogP contribution in [-0.2, 0) is 4.74 Å². The van der Waals surface area contributed by atoms with Crippen LogP contribution in [0.5, 0.6) is 0 Å². The van der Waals surface area contributed by atoms with Crippen LogP contribution in [0, 0.1) is 6.92 Å². The van der Waals surface area contributed by atoms with Crippen LogP contribution in [0.1, 0.15) is 42.9 Å². The van der Waals surface area contributed by atoms with Gasteiger partial charge in [0.2, 0.25) is 5.28 Å². The van der Waals surface area contributed by atoms with E-state index in [0.717, 1.165) is 34.7 Å². The molecule has 120 valence electrons. The van der Waals surface area contributed by atoms with Crippen LogP contribution < -0.4 is 4.90 Å². The van der Waals surface area contributed by atoms with Gasteiger partial charge in [0.05, 0.1) is 11.5 Å². The van der Waals surface area contributed by atoms with Crippen molar-refractivity contribution < 1.29 is 9.53 Å². The highest BCUT2D eigenvalue weighted by Crippen LogP contribution is 2.36. The SMILES string of the molecule is CCN(CC)c1nc(Cl)nc2sc(C(=O)OC(C)C)c(C)c12. The normalized spacial score (nSPS) is 11.2. The van der Waals surface area contributed by atoms with Crippen molar-refractivity contribution in [1.82, 2.24) is 9.97 Å². The molecule has 5 nitrogen and oxygen atoms in total. The van der Waals surface area contributed by atoms with E-state index in [0.29, 0.717) is 4.88 Å². The van der Waals surface area contributed by atoms with Gasteiger partial charge < -0.3 is 9.64 Å². The predicted molar refractivity (Wildman–Crippen MR) is 91.3 cm³/mol. The number of fused-ring (bicyclic) bond motifs is 1. The molecule has 0 bridgehead atoms. The molecule has 2 aromatic heterocycles. The first-order valence-corrected chi connectivity index (χ1v) is 8.51. The van der Waals surface area contributed by atoms with Gasteiger partial charge in [0, 0.05) is 13.1 Å². The lowest BCUT2D eigenvalue weighted by molar-refractivity contribution is 0.0383. The molecule has 2 rings (SSSR count). The van der Waals surface area contributed by atoms with E-state index < -0.39 is 0 Å². The maximum absolute atomic E-state index is 12.2. The van der Waals surface area contributed by atoms with E-state index in [1.54, 1.807) is 0 Å². The number of carbonyl (C=O) groups is 1. The Morgan fingerprint density at radius 2 is 1.95 bits per heavy atom. The van der Waals surface area contributed by atoms with Crippen LogP contribution in [0.3, 0.4) is 0 Å². The molecule has 0 aliphatic carbocycles. The van der Waals surface area contributed by atoms with Crippen molar-refractivity contribution in [1.29, 1.82) is 0 Å². The molecule has 0 unspecified atom stereocenters. The molecular weight excluding hydrogens is 322 g/mol. The molecule has 0 saturated carbocycles. The number of anilines is 1. The van der Waals surface area contributed by atoms with Gasteiger partial charge in [0.1, 0.15) is 15.5 Å². The highest BCUT2D eigenvalue weighted by atomic mass is 35.5. The van der Waals surface area contributed by atoms with Crippen LogP contribution in [0.4, 0.5) is 5.82 Å². The Bertz CT molecular complexity index is 696. The van der Waals surface area contributed by atoms with E-state index in [2.05, 4.69) is 28.7 Å². The summed E-state index contributed by atoms with van der Waals surface area (Å²) in [6.07, 6.45) is -0.158. The Balaban J connectivity index is 2.63. The fourth-order valence-electron chi connectivity index (χ4n) is 2.31. The molecule has 7 heteroatoms. The molecule has 2 heterocycles. The van der Waals surface area contributed by atoms with E-state index >= 15 is 0 Å². The zero-order chi connectivity index (χ0) is 16.4. The highest BCUT2D eigenvalue weighted by Gasteiger charge is 2.23. The molecule has 0 radical (unpaired) electrons. The van der Waals surface area contributed by atoms with Gasteiger partial charge in [-0.3, -0.25) is 0 Å². The van der Waals surface area contributed by atoms with Gasteiger partial charge in [-0.15, -0.1) is 11.3 Å². The Morgan fingerprint density at radius 3 is 2.50 bits per heavy atom. The lowest BCUT2D eigenvalue weighted by Crippen LogP contribution is -2.23. The van der Waals surface area contributed by atoms with E-state index in [1.807, 2.05) is 20.8 Å². The molecule has 0 N–H and O–H groups in total. The van der Waals surface area contributed by atoms with Crippen LogP contribution in [0.2, 0.25) is 5.28 Å². The fraction of sp³-hybridized carbons (Fsp3) is 0.533. The Morgan fingerprint density at radius 1 is 1.32 bits per heavy atom. The van der Waals surface area contributed by atoms with E-state index in [1.165, 1.54) is 11.3 Å². The summed E-state index contributed by atoms with van der Waals surface area (Å²) in [5, 5.41) is 1.08. The van der Waals surface area contributed by atoms with Crippen molar-refractivity contribution in [2.24, 2.45) is 0 Å². The first kappa shape index (κ1) is 17.0. The third-order valence-electron chi connectivity index (χ3n) is 3.33. The first-order chi connectivity index (χ1) is 10.4. The van der Waals surface area contributed by atoms with Gasteiger partial charge in [-0.1, -0.05) is 0 Å². The van der Waals surface area contributed by atoms with E-state index in [4.69, 9.17) is 16.3 Å². The van der Waals surface area contributed by atoms with Crippen LogP contribution in [0.15, 0.2) is 0 Å². The summed E-state index contributed by atoms with van der Waals surface area (Å²) < 4.78 is 5.31. The second kappa shape index (κ2) is 6.79. The molecule has 0 spiro atoms. The van der Waals surface area contributed by atoms with Gasteiger partial charge in [-0.05, 0) is 51.8 Å². The smallest absolute Gasteiger partial charge is 0.348 e. The molecular formula is C15H20ClN3O2S. The monoisotopic (exact) mass is 341 g/mol. The van der Waals surface area contributed by atoms with Gasteiger partial charge in [-0.25, -0.2) is 9.78 Å². The minimum Gasteiger partial charge on any atom is -0.459 e. The summed E-state index contributed by atoms with van der Waals surface area (Å²) in [4.78, 5) is 24.3. The molecule has 0 aliphatic heterocycles. The Kier molecular flexibility index (Phi) is 5.24. The molecule has 0 atom stereocenters. The van der Waals surface area contributed by atoms with Gasteiger partial charge >= 0.3 is 5.97 Å². The number of aryl methyl sites for hydroxylation is 1. The second-order valence-electron chi connectivity index (χ2n) is 5.18. The average molecular weight is 342 g/mol. The van der Waals surface area contributed by atoms with E-state index in [9.17, 15) is 4.79 Å². The minimum atomic E-state index is -0.322. The van der Waals surface area contributed by atoms with Gasteiger partial charge in [0.15, 0.2) is 0 Å². The predicted octanol–water partition coefficient (Wildman–Crippen LogP) is 4.06. The molecule has 0 amide bonds. The van der Waals surface area contributed by atoms with Crippen LogP contribution in [-0.4, -0.2) is 35.1 Å². The summed E-state index contributed by atoms with van der Waals surface area (Å²) in [5.74, 6) is 0.453. The van der Waals surface area contributed by atoms with Crippen molar-refractivity contribution >= 4 is 44.9 Å². The summed E-state index contributed by atoms with van der Waals surface area (Å²) >= 11 is 7.35.